The van der Waals surface area contributed by atoms with Crippen LogP contribution in [0.3, 0.4) is 0 Å². The molecular formula is C4H9RuS. The first-order chi connectivity index (χ1) is 2.00. The van der Waals surface area contributed by atoms with Gasteiger partial charge in [0.05, 0.1) is 0 Å². The largest absolute Gasteiger partial charge is 1.00 e. The number of hydrogen-bond acceptors (Lipinski definition) is 1. The van der Waals surface area contributed by atoms with E-state index in [9.17, 15) is 0 Å². The van der Waals surface area contributed by atoms with E-state index in [1.54, 1.807) is 0 Å². The summed E-state index contributed by atoms with van der Waals surface area (Å²) in [6.45, 7) is 6.01. The zero-order valence-electron chi connectivity index (χ0n) is 4.26. The van der Waals surface area contributed by atoms with Gasteiger partial charge in [-0.05, 0) is 0 Å². The fourth-order valence-corrected chi connectivity index (χ4v) is 0. The molecule has 0 aliphatic carbocycles. The van der Waals surface area contributed by atoms with Crippen LogP contribution in [0.5, 0.6) is 0 Å². The predicted molar refractivity (Wildman–Crippen MR) is 27.1 cm³/mol. The molecule has 0 rings (SSSR count). The third kappa shape index (κ3) is 82.9. The molecule has 2 heteroatoms. The zero-order chi connectivity index (χ0) is 4.50. The molecule has 0 aromatic rings. The van der Waals surface area contributed by atoms with Crippen LogP contribution < -0.4 is 0 Å². The van der Waals surface area contributed by atoms with Crippen LogP contribution in [0.4, 0.5) is 0 Å². The van der Waals surface area contributed by atoms with E-state index < -0.39 is 0 Å². The maximum atomic E-state index is 4.83. The molecule has 0 aromatic heterocycles. The molecule has 39 valence electrons. The van der Waals surface area contributed by atoms with Gasteiger partial charge in [0.2, 0.25) is 0 Å². The van der Waals surface area contributed by atoms with Crippen molar-refractivity contribution >= 4 is 12.6 Å². The van der Waals surface area contributed by atoms with E-state index in [2.05, 4.69) is 0 Å². The van der Waals surface area contributed by atoms with Crippen LogP contribution in [0.25, 0.3) is 0 Å². The van der Waals surface area contributed by atoms with Gasteiger partial charge in [-0.25, -0.2) is 0 Å². The molecule has 0 atom stereocenters. The van der Waals surface area contributed by atoms with Gasteiger partial charge in [-0.3, -0.25) is 0 Å². The first-order valence-electron chi connectivity index (χ1n) is 1.70. The predicted octanol–water partition coefficient (Wildman–Crippen LogP) is 1.33. The van der Waals surface area contributed by atoms with Gasteiger partial charge in [0.15, 0.2) is 0 Å². The molecule has 0 fully saturated rings. The Bertz CT molecular complexity index is 23.0. The van der Waals surface area contributed by atoms with Crippen molar-refractivity contribution in [3.63, 3.8) is 0 Å². The van der Waals surface area contributed by atoms with Crippen LogP contribution in [0.1, 0.15) is 20.8 Å². The molecule has 0 nitrogen and oxygen atoms in total. The summed E-state index contributed by atoms with van der Waals surface area (Å²) < 4.78 is 0.0833. The van der Waals surface area contributed by atoms with Gasteiger partial charge in [0, 0.05) is 0 Å². The summed E-state index contributed by atoms with van der Waals surface area (Å²) in [6.07, 6.45) is 0. The molecule has 0 N–H and O–H groups in total. The minimum Gasteiger partial charge on any atom is -0.787 e. The SMILES string of the molecule is CC(C)(C)[S-].[Ru+]. The van der Waals surface area contributed by atoms with E-state index in [-0.39, 0.29) is 24.2 Å². The van der Waals surface area contributed by atoms with Crippen molar-refractivity contribution in [2.24, 2.45) is 0 Å². The molecule has 6 heavy (non-hydrogen) atoms. The molecule has 0 heterocycles. The average molecular weight is 190 g/mol. The Balaban J connectivity index is 0. The number of hydrogen-bond donors (Lipinski definition) is 0. The second-order valence-electron chi connectivity index (χ2n) is 2.11. The Morgan fingerprint density at radius 3 is 1.17 bits per heavy atom. The van der Waals surface area contributed by atoms with Crippen molar-refractivity contribution in [3.05, 3.63) is 0 Å². The van der Waals surface area contributed by atoms with Crippen LogP contribution >= 0.6 is 0 Å². The molecule has 0 aromatic carbocycles. The Hall–Kier alpha value is 0.973. The Morgan fingerprint density at radius 1 is 1.17 bits per heavy atom. The van der Waals surface area contributed by atoms with Gasteiger partial charge in [-0.15, -0.1) is 0 Å². The second-order valence-corrected chi connectivity index (χ2v) is 3.34. The van der Waals surface area contributed by atoms with E-state index in [0.29, 0.717) is 0 Å². The zero-order valence-corrected chi connectivity index (χ0v) is 6.82. The molecule has 0 saturated carbocycles. The van der Waals surface area contributed by atoms with E-state index >= 15 is 0 Å². The third-order valence-corrected chi connectivity index (χ3v) is 0. The van der Waals surface area contributed by atoms with Crippen molar-refractivity contribution in [1.82, 2.24) is 0 Å². The number of rotatable bonds is 0. The molecule has 0 saturated heterocycles. The van der Waals surface area contributed by atoms with Gasteiger partial charge in [0.25, 0.3) is 0 Å². The molecular weight excluding hydrogens is 181 g/mol. The van der Waals surface area contributed by atoms with Gasteiger partial charge in [-0.1, -0.05) is 20.8 Å². The van der Waals surface area contributed by atoms with Crippen molar-refractivity contribution < 1.29 is 19.5 Å². The summed E-state index contributed by atoms with van der Waals surface area (Å²) >= 11 is 4.83. The van der Waals surface area contributed by atoms with Gasteiger partial charge < -0.3 is 12.6 Å². The summed E-state index contributed by atoms with van der Waals surface area (Å²) in [7, 11) is 0. The van der Waals surface area contributed by atoms with E-state index in [4.69, 9.17) is 12.6 Å². The van der Waals surface area contributed by atoms with E-state index in [1.165, 1.54) is 0 Å². The normalized spacial score (nSPS) is 10.0. The Morgan fingerprint density at radius 2 is 1.17 bits per heavy atom. The summed E-state index contributed by atoms with van der Waals surface area (Å²) in [5.74, 6) is 0. The molecule has 0 bridgehead atoms. The summed E-state index contributed by atoms with van der Waals surface area (Å²) in [5, 5.41) is 0. The summed E-state index contributed by atoms with van der Waals surface area (Å²) in [4.78, 5) is 0. The molecule has 0 unspecified atom stereocenters. The molecule has 0 aliphatic heterocycles. The fraction of sp³-hybridized carbons (Fsp3) is 1.00. The first-order valence-corrected chi connectivity index (χ1v) is 2.11. The molecule has 0 amide bonds. The third-order valence-electron chi connectivity index (χ3n) is 0. The van der Waals surface area contributed by atoms with E-state index in [0.717, 1.165) is 0 Å². The van der Waals surface area contributed by atoms with E-state index in [1.807, 2.05) is 20.8 Å². The van der Waals surface area contributed by atoms with Gasteiger partial charge >= 0.3 is 19.5 Å². The van der Waals surface area contributed by atoms with Gasteiger partial charge in [0.1, 0.15) is 0 Å². The fourth-order valence-electron chi connectivity index (χ4n) is 0. The van der Waals surface area contributed by atoms with Crippen LogP contribution in [0.15, 0.2) is 0 Å². The van der Waals surface area contributed by atoms with Crippen molar-refractivity contribution in [3.8, 4) is 0 Å². The van der Waals surface area contributed by atoms with Crippen molar-refractivity contribution in [2.45, 2.75) is 25.5 Å². The first kappa shape index (κ1) is 10.1. The standard InChI is InChI=1S/C4H10S.Ru/c1-4(2,3)5;/h5H,1-3H3;/q;+1/p-1. The maximum absolute atomic E-state index is 4.83. The minimum absolute atomic E-state index is 0. The van der Waals surface area contributed by atoms with Crippen LogP contribution in [-0.2, 0) is 32.1 Å². The van der Waals surface area contributed by atoms with Crippen LogP contribution in [-0.4, -0.2) is 4.75 Å². The topological polar surface area (TPSA) is 0 Å². The minimum atomic E-state index is 0. The molecule has 0 spiro atoms. The van der Waals surface area contributed by atoms with Crippen molar-refractivity contribution in [1.29, 1.82) is 0 Å². The quantitative estimate of drug-likeness (QED) is 0.410. The summed E-state index contributed by atoms with van der Waals surface area (Å²) in [6, 6.07) is 0. The van der Waals surface area contributed by atoms with Crippen LogP contribution in [0, 0.1) is 0 Å². The molecule has 0 aliphatic rings. The molecule has 1 radical (unpaired) electrons. The second kappa shape index (κ2) is 3.04. The van der Waals surface area contributed by atoms with Crippen molar-refractivity contribution in [2.75, 3.05) is 0 Å². The smallest absolute Gasteiger partial charge is 0.787 e. The summed E-state index contributed by atoms with van der Waals surface area (Å²) in [5.41, 5.74) is 0. The van der Waals surface area contributed by atoms with Crippen LogP contribution in [0.2, 0.25) is 0 Å². The maximum Gasteiger partial charge on any atom is 1.00 e. The Kier molecular flexibility index (Phi) is 5.09. The Labute approximate surface area is 57.9 Å². The van der Waals surface area contributed by atoms with Gasteiger partial charge in [-0.2, -0.15) is 4.75 Å². The monoisotopic (exact) mass is 191 g/mol. The average Bonchev–Trinajstić information content (AvgIpc) is 0.722.